The predicted molar refractivity (Wildman–Crippen MR) is 65.8 cm³/mol. The van der Waals surface area contributed by atoms with E-state index in [-0.39, 0.29) is 0 Å². The van der Waals surface area contributed by atoms with Crippen molar-refractivity contribution in [3.05, 3.63) is 51.4 Å². The second-order valence-corrected chi connectivity index (χ2v) is 3.49. The number of aryl methyl sites for hydroxylation is 1. The molecule has 0 aliphatic heterocycles. The van der Waals surface area contributed by atoms with Gasteiger partial charge in [-0.05, 0) is 30.0 Å². The van der Waals surface area contributed by atoms with Gasteiger partial charge in [0.2, 0.25) is 0 Å². The van der Waals surface area contributed by atoms with Crippen LogP contribution < -0.4 is 0 Å². The van der Waals surface area contributed by atoms with Gasteiger partial charge in [-0.3, -0.25) is 0 Å². The maximum absolute atomic E-state index is 11.1. The third kappa shape index (κ3) is 3.66. The zero-order chi connectivity index (χ0) is 12.7. The minimum atomic E-state index is -0.933. The zero-order valence-corrected chi connectivity index (χ0v) is 9.50. The minimum absolute atomic E-state index is 0.313. The van der Waals surface area contributed by atoms with Gasteiger partial charge in [0.1, 0.15) is 0 Å². The average molecular weight is 231 g/mol. The van der Waals surface area contributed by atoms with Gasteiger partial charge in [-0.2, -0.15) is 0 Å². The Balaban J connectivity index is 2.87. The lowest BCUT2D eigenvalue weighted by molar-refractivity contribution is 0.0696. The predicted octanol–water partition coefficient (Wildman–Crippen LogP) is 3.41. The Labute approximate surface area is 99.0 Å². The summed E-state index contributed by atoms with van der Waals surface area (Å²) < 4.78 is 0. The van der Waals surface area contributed by atoms with Crippen molar-refractivity contribution in [2.45, 2.75) is 13.3 Å². The molecule has 0 aliphatic rings. The molecule has 5 nitrogen and oxygen atoms in total. The molecule has 0 heterocycles. The number of azide groups is 1. The van der Waals surface area contributed by atoms with Crippen molar-refractivity contribution >= 4 is 12.0 Å². The van der Waals surface area contributed by atoms with Crippen LogP contribution in [0.2, 0.25) is 0 Å². The Morgan fingerprint density at radius 2 is 2.35 bits per heavy atom. The van der Waals surface area contributed by atoms with Crippen LogP contribution in [0.4, 0.5) is 0 Å². The van der Waals surface area contributed by atoms with Crippen molar-refractivity contribution < 1.29 is 9.90 Å². The fourth-order valence-corrected chi connectivity index (χ4v) is 1.51. The van der Waals surface area contributed by atoms with Crippen LogP contribution in [0.25, 0.3) is 16.5 Å². The molecule has 0 atom stereocenters. The smallest absolute Gasteiger partial charge is 0.336 e. The molecule has 1 aromatic carbocycles. The van der Waals surface area contributed by atoms with Crippen molar-refractivity contribution in [1.82, 2.24) is 0 Å². The molecule has 0 saturated heterocycles. The van der Waals surface area contributed by atoms with E-state index in [0.29, 0.717) is 24.1 Å². The summed E-state index contributed by atoms with van der Waals surface area (Å²) in [5.74, 6) is -0.933. The Morgan fingerprint density at radius 3 is 3.00 bits per heavy atom. The quantitative estimate of drug-likeness (QED) is 0.364. The normalized spacial score (nSPS) is 10.2. The van der Waals surface area contributed by atoms with E-state index in [0.717, 1.165) is 5.56 Å². The molecule has 0 bridgehead atoms. The molecule has 0 aromatic heterocycles. The summed E-state index contributed by atoms with van der Waals surface area (Å²) in [6.45, 7) is 2.14. The van der Waals surface area contributed by atoms with Gasteiger partial charge in [-0.25, -0.2) is 4.79 Å². The molecule has 1 aromatic rings. The van der Waals surface area contributed by atoms with Gasteiger partial charge >= 0.3 is 5.97 Å². The van der Waals surface area contributed by atoms with Gasteiger partial charge < -0.3 is 5.11 Å². The van der Waals surface area contributed by atoms with E-state index in [1.807, 2.05) is 6.07 Å². The highest BCUT2D eigenvalue weighted by Crippen LogP contribution is 2.16. The number of aromatic carboxylic acids is 1. The molecule has 0 spiro atoms. The molecule has 0 radical (unpaired) electrons. The van der Waals surface area contributed by atoms with Gasteiger partial charge in [0.05, 0.1) is 5.56 Å². The minimum Gasteiger partial charge on any atom is -0.478 e. The van der Waals surface area contributed by atoms with Crippen LogP contribution in [-0.2, 0) is 0 Å². The Kier molecular flexibility index (Phi) is 4.78. The molecular weight excluding hydrogens is 218 g/mol. The van der Waals surface area contributed by atoms with Crippen LogP contribution in [0.1, 0.15) is 27.9 Å². The number of rotatable bonds is 5. The summed E-state index contributed by atoms with van der Waals surface area (Å²) >= 11 is 0. The van der Waals surface area contributed by atoms with Crippen LogP contribution in [0.5, 0.6) is 0 Å². The number of nitrogens with zero attached hydrogens (tertiary/aromatic N) is 3. The van der Waals surface area contributed by atoms with Crippen molar-refractivity contribution in [2.75, 3.05) is 6.54 Å². The van der Waals surface area contributed by atoms with E-state index in [1.54, 1.807) is 31.2 Å². The van der Waals surface area contributed by atoms with Gasteiger partial charge in [-0.1, -0.05) is 35.5 Å². The van der Waals surface area contributed by atoms with Gasteiger partial charge in [-0.15, -0.1) is 0 Å². The molecule has 5 heteroatoms. The topological polar surface area (TPSA) is 86.1 Å². The Morgan fingerprint density at radius 1 is 1.59 bits per heavy atom. The lowest BCUT2D eigenvalue weighted by atomic mass is 10.0. The second-order valence-electron chi connectivity index (χ2n) is 3.49. The van der Waals surface area contributed by atoms with Gasteiger partial charge in [0.15, 0.2) is 0 Å². The molecule has 88 valence electrons. The average Bonchev–Trinajstić information content (AvgIpc) is 2.28. The van der Waals surface area contributed by atoms with E-state index in [9.17, 15) is 4.79 Å². The summed E-state index contributed by atoms with van der Waals surface area (Å²) in [6.07, 6.45) is 4.14. The summed E-state index contributed by atoms with van der Waals surface area (Å²) in [5.41, 5.74) is 9.80. The fourth-order valence-electron chi connectivity index (χ4n) is 1.51. The van der Waals surface area contributed by atoms with Crippen molar-refractivity contribution in [1.29, 1.82) is 0 Å². The number of hydrogen-bond donors (Lipinski definition) is 1. The van der Waals surface area contributed by atoms with E-state index < -0.39 is 5.97 Å². The first-order chi connectivity index (χ1) is 8.16. The summed E-state index contributed by atoms with van der Waals surface area (Å²) in [7, 11) is 0. The third-order valence-corrected chi connectivity index (χ3v) is 2.28. The number of carbonyl (C=O) groups is 1. The largest absolute Gasteiger partial charge is 0.478 e. The number of hydrogen-bond acceptors (Lipinski definition) is 2. The molecule has 17 heavy (non-hydrogen) atoms. The Bertz CT molecular complexity index is 489. The number of benzene rings is 1. The number of carboxylic acids is 1. The van der Waals surface area contributed by atoms with Crippen LogP contribution in [0.15, 0.2) is 29.4 Å². The van der Waals surface area contributed by atoms with E-state index in [2.05, 4.69) is 10.0 Å². The summed E-state index contributed by atoms with van der Waals surface area (Å²) in [5, 5.41) is 12.5. The van der Waals surface area contributed by atoms with Crippen molar-refractivity contribution in [3.63, 3.8) is 0 Å². The standard InChI is InChI=1S/C12H13N3O2/c1-9-5-4-7-10(11(9)12(16)17)6-2-3-8-14-15-13/h2,4-7H,3,8H2,1H3,(H,16,17). The SMILES string of the molecule is Cc1cccc(C=CCCN=[N+]=[N-])c1C(=O)O. The molecule has 0 saturated carbocycles. The second kappa shape index (κ2) is 6.35. The third-order valence-electron chi connectivity index (χ3n) is 2.28. The first-order valence-corrected chi connectivity index (χ1v) is 5.17. The summed E-state index contributed by atoms with van der Waals surface area (Å²) in [4.78, 5) is 13.7. The van der Waals surface area contributed by atoms with Crippen molar-refractivity contribution in [2.24, 2.45) is 5.11 Å². The zero-order valence-electron chi connectivity index (χ0n) is 9.50. The molecule has 0 aliphatic carbocycles. The van der Waals surface area contributed by atoms with Crippen LogP contribution in [-0.4, -0.2) is 17.6 Å². The lowest BCUT2D eigenvalue weighted by Crippen LogP contribution is -2.02. The van der Waals surface area contributed by atoms with Crippen LogP contribution >= 0.6 is 0 Å². The highest BCUT2D eigenvalue weighted by molar-refractivity contribution is 5.93. The summed E-state index contributed by atoms with van der Waals surface area (Å²) in [6, 6.07) is 5.33. The maximum atomic E-state index is 11.1. The molecule has 1 N–H and O–H groups in total. The Hall–Kier alpha value is -2.26. The number of carboxylic acid groups (broad SMARTS) is 1. The highest BCUT2D eigenvalue weighted by atomic mass is 16.4. The first kappa shape index (κ1) is 12.8. The van der Waals surface area contributed by atoms with Gasteiger partial charge in [0, 0.05) is 11.5 Å². The van der Waals surface area contributed by atoms with Gasteiger partial charge in [0.25, 0.3) is 0 Å². The molecule has 0 unspecified atom stereocenters. The molecule has 0 fully saturated rings. The molecule has 0 amide bonds. The maximum Gasteiger partial charge on any atom is 0.336 e. The van der Waals surface area contributed by atoms with E-state index in [4.69, 9.17) is 10.6 Å². The van der Waals surface area contributed by atoms with E-state index in [1.165, 1.54) is 0 Å². The fraction of sp³-hybridized carbons (Fsp3) is 0.250. The van der Waals surface area contributed by atoms with Crippen LogP contribution in [0.3, 0.4) is 0 Å². The molecule has 1 rings (SSSR count). The van der Waals surface area contributed by atoms with Crippen LogP contribution in [0, 0.1) is 6.92 Å². The monoisotopic (exact) mass is 231 g/mol. The van der Waals surface area contributed by atoms with Crippen molar-refractivity contribution in [3.8, 4) is 0 Å². The van der Waals surface area contributed by atoms with E-state index >= 15 is 0 Å². The highest BCUT2D eigenvalue weighted by Gasteiger charge is 2.10. The first-order valence-electron chi connectivity index (χ1n) is 5.17. The lowest BCUT2D eigenvalue weighted by Gasteiger charge is -2.04. The molecular formula is C12H13N3O2.